The van der Waals surface area contributed by atoms with Gasteiger partial charge in [-0.2, -0.15) is 5.10 Å². The van der Waals surface area contributed by atoms with Crippen LogP contribution in [-0.4, -0.2) is 47.8 Å². The molecule has 4 aliphatic rings. The third-order valence-electron chi connectivity index (χ3n) is 10.2. The van der Waals surface area contributed by atoms with E-state index in [0.717, 1.165) is 52.8 Å². The fraction of sp³-hybridized carbons (Fsp3) is 0.700. The third-order valence-corrected chi connectivity index (χ3v) is 10.2. The first kappa shape index (κ1) is 22.9. The van der Waals surface area contributed by atoms with Crippen molar-refractivity contribution in [1.82, 2.24) is 29.6 Å². The topological polar surface area (TPSA) is 62.6 Å². The molecule has 0 amide bonds. The van der Waals surface area contributed by atoms with E-state index in [1.54, 1.807) is 0 Å². The lowest BCUT2D eigenvalue weighted by Gasteiger charge is -2.56. The van der Waals surface area contributed by atoms with E-state index in [1.165, 1.54) is 76.1 Å². The number of aromatic nitrogens is 5. The van der Waals surface area contributed by atoms with E-state index in [2.05, 4.69) is 55.8 Å². The summed E-state index contributed by atoms with van der Waals surface area (Å²) in [4.78, 5) is 12.8. The molecule has 6 atom stereocenters. The van der Waals surface area contributed by atoms with E-state index in [-0.39, 0.29) is 0 Å². The molecule has 3 aromatic rings. The van der Waals surface area contributed by atoms with Crippen LogP contribution >= 0.6 is 0 Å². The molecule has 4 fully saturated rings. The van der Waals surface area contributed by atoms with E-state index in [4.69, 9.17) is 4.98 Å². The number of nitrogens with one attached hydrogen (secondary N) is 1. The average Bonchev–Trinajstić information content (AvgIpc) is 3.41. The van der Waals surface area contributed by atoms with Crippen LogP contribution in [0.2, 0.25) is 0 Å². The molecule has 2 saturated heterocycles. The molecule has 0 radical (unpaired) electrons. The van der Waals surface area contributed by atoms with Gasteiger partial charge in [0.15, 0.2) is 5.82 Å². The van der Waals surface area contributed by atoms with Crippen LogP contribution in [0.15, 0.2) is 24.3 Å². The number of para-hydroxylation sites is 2. The molecule has 6 heteroatoms. The summed E-state index contributed by atoms with van der Waals surface area (Å²) in [5.74, 6) is 5.60. The second kappa shape index (κ2) is 9.27. The molecule has 2 aromatic heterocycles. The van der Waals surface area contributed by atoms with Crippen molar-refractivity contribution in [2.75, 3.05) is 0 Å². The maximum atomic E-state index is 5.12. The van der Waals surface area contributed by atoms with Gasteiger partial charge < -0.3 is 4.57 Å². The number of benzene rings is 1. The Morgan fingerprint density at radius 2 is 1.67 bits per heavy atom. The second-order valence-electron chi connectivity index (χ2n) is 12.6. The summed E-state index contributed by atoms with van der Waals surface area (Å²) in [5.41, 5.74) is 2.39. The Kier molecular flexibility index (Phi) is 5.91. The van der Waals surface area contributed by atoms with Gasteiger partial charge in [0.25, 0.3) is 0 Å². The highest BCUT2D eigenvalue weighted by Gasteiger charge is 2.47. The molecule has 1 N–H and O–H groups in total. The third kappa shape index (κ3) is 4.09. The number of H-pyrrole nitrogens is 1. The van der Waals surface area contributed by atoms with Crippen LogP contribution in [0.4, 0.5) is 0 Å². The van der Waals surface area contributed by atoms with Crippen molar-refractivity contribution in [2.45, 2.75) is 115 Å². The zero-order valence-electron chi connectivity index (χ0n) is 22.1. The molecule has 6 nitrogen and oxygen atoms in total. The summed E-state index contributed by atoms with van der Waals surface area (Å²) in [6.07, 6.45) is 16.3. The normalized spacial score (nSPS) is 35.1. The van der Waals surface area contributed by atoms with Crippen molar-refractivity contribution in [3.63, 3.8) is 0 Å². The molecule has 7 rings (SSSR count). The molecule has 2 aliphatic carbocycles. The standard InChI is InChI=1S/C30H42N6/c1-19-11-12-23-16-25(17-28(19)35(23)24-14-21-7-3-4-8-22(13-21)15-24)36-27-10-6-5-9-26(27)32-30(36)18-29-31-20(2)33-34-29/h5-6,9-10,19,21-25,28H,3-4,7-8,11-18H2,1-2H3,(H,31,33,34). The number of aryl methyl sites for hydroxylation is 1. The first-order valence-electron chi connectivity index (χ1n) is 14.7. The Morgan fingerprint density at radius 3 is 2.44 bits per heavy atom. The lowest BCUT2D eigenvalue weighted by atomic mass is 9.71. The summed E-state index contributed by atoms with van der Waals surface area (Å²) in [7, 11) is 0. The number of hydrogen-bond acceptors (Lipinski definition) is 4. The lowest BCUT2D eigenvalue weighted by Crippen LogP contribution is -2.60. The van der Waals surface area contributed by atoms with Crippen LogP contribution < -0.4 is 0 Å². The van der Waals surface area contributed by atoms with E-state index in [0.29, 0.717) is 18.5 Å². The molecule has 2 aliphatic heterocycles. The predicted octanol–water partition coefficient (Wildman–Crippen LogP) is 6.22. The van der Waals surface area contributed by atoms with Crippen molar-refractivity contribution in [3.05, 3.63) is 41.7 Å². The predicted molar refractivity (Wildman–Crippen MR) is 143 cm³/mol. The van der Waals surface area contributed by atoms with Crippen LogP contribution in [0.5, 0.6) is 0 Å². The van der Waals surface area contributed by atoms with Crippen molar-refractivity contribution in [3.8, 4) is 0 Å². The van der Waals surface area contributed by atoms with Crippen LogP contribution in [0, 0.1) is 24.7 Å². The highest BCUT2D eigenvalue weighted by atomic mass is 15.3. The maximum absolute atomic E-state index is 5.12. The number of aromatic amines is 1. The minimum absolute atomic E-state index is 0.507. The minimum atomic E-state index is 0.507. The van der Waals surface area contributed by atoms with Gasteiger partial charge in [0.1, 0.15) is 11.6 Å². The van der Waals surface area contributed by atoms with Gasteiger partial charge in [0, 0.05) is 24.2 Å². The van der Waals surface area contributed by atoms with E-state index < -0.39 is 0 Å². The Bertz CT molecular complexity index is 1200. The van der Waals surface area contributed by atoms with Crippen molar-refractivity contribution in [2.24, 2.45) is 17.8 Å². The molecule has 1 aromatic carbocycles. The molecule has 36 heavy (non-hydrogen) atoms. The number of rotatable bonds is 4. The van der Waals surface area contributed by atoms with Gasteiger partial charge in [-0.25, -0.2) is 9.97 Å². The van der Waals surface area contributed by atoms with E-state index in [9.17, 15) is 0 Å². The SMILES string of the molecule is Cc1nc(Cc2nc3ccccc3n2C2CC3CCC(C)C(C2)N3C2CC3CCCCC(C3)C2)n[nH]1. The summed E-state index contributed by atoms with van der Waals surface area (Å²) in [6, 6.07) is 11.5. The van der Waals surface area contributed by atoms with E-state index >= 15 is 0 Å². The molecule has 6 unspecified atom stereocenters. The van der Waals surface area contributed by atoms with Gasteiger partial charge >= 0.3 is 0 Å². The van der Waals surface area contributed by atoms with Crippen molar-refractivity contribution >= 4 is 11.0 Å². The summed E-state index contributed by atoms with van der Waals surface area (Å²) in [5, 5.41) is 7.47. The quantitative estimate of drug-likeness (QED) is 0.476. The highest BCUT2D eigenvalue weighted by Crippen LogP contribution is 2.48. The second-order valence-corrected chi connectivity index (χ2v) is 12.6. The molecule has 4 heterocycles. The Morgan fingerprint density at radius 1 is 0.861 bits per heavy atom. The molecule has 192 valence electrons. The van der Waals surface area contributed by atoms with Crippen molar-refractivity contribution in [1.29, 1.82) is 0 Å². The molecule has 4 bridgehead atoms. The summed E-state index contributed by atoms with van der Waals surface area (Å²) >= 11 is 0. The number of nitrogens with zero attached hydrogens (tertiary/aromatic N) is 5. The van der Waals surface area contributed by atoms with Gasteiger partial charge in [0.05, 0.1) is 17.5 Å². The van der Waals surface area contributed by atoms with Crippen LogP contribution in [-0.2, 0) is 6.42 Å². The number of fused-ring (bicyclic) bond motifs is 5. The molecular formula is C30H42N6. The minimum Gasteiger partial charge on any atom is -0.324 e. The largest absolute Gasteiger partial charge is 0.324 e. The van der Waals surface area contributed by atoms with E-state index in [1.807, 2.05) is 6.92 Å². The summed E-state index contributed by atoms with van der Waals surface area (Å²) < 4.78 is 2.59. The summed E-state index contributed by atoms with van der Waals surface area (Å²) in [6.45, 7) is 4.51. The van der Waals surface area contributed by atoms with Crippen molar-refractivity contribution < 1.29 is 0 Å². The molecule has 0 spiro atoms. The first-order valence-corrected chi connectivity index (χ1v) is 14.7. The van der Waals surface area contributed by atoms with Gasteiger partial charge in [-0.1, -0.05) is 44.7 Å². The van der Waals surface area contributed by atoms with Crippen LogP contribution in [0.3, 0.4) is 0 Å². The zero-order chi connectivity index (χ0) is 24.2. The lowest BCUT2D eigenvalue weighted by molar-refractivity contribution is -0.0641. The fourth-order valence-corrected chi connectivity index (χ4v) is 8.77. The first-order chi connectivity index (χ1) is 17.6. The maximum Gasteiger partial charge on any atom is 0.158 e. The van der Waals surface area contributed by atoms with Gasteiger partial charge in [-0.15, -0.1) is 0 Å². The monoisotopic (exact) mass is 486 g/mol. The Hall–Kier alpha value is -2.21. The molecular weight excluding hydrogens is 444 g/mol. The number of piperidine rings is 2. The van der Waals surface area contributed by atoms with Crippen LogP contribution in [0.25, 0.3) is 11.0 Å². The number of imidazole rings is 1. The van der Waals surface area contributed by atoms with Crippen LogP contribution in [0.1, 0.15) is 101 Å². The highest BCUT2D eigenvalue weighted by molar-refractivity contribution is 5.76. The average molecular weight is 487 g/mol. The number of hydrogen-bond donors (Lipinski definition) is 1. The van der Waals surface area contributed by atoms with Gasteiger partial charge in [-0.05, 0) is 81.8 Å². The smallest absolute Gasteiger partial charge is 0.158 e. The Balaban J connectivity index is 1.21. The van der Waals surface area contributed by atoms with Gasteiger partial charge in [0.2, 0.25) is 0 Å². The fourth-order valence-electron chi connectivity index (χ4n) is 8.77. The zero-order valence-corrected chi connectivity index (χ0v) is 22.1. The van der Waals surface area contributed by atoms with Gasteiger partial charge in [-0.3, -0.25) is 10.00 Å². The molecule has 2 saturated carbocycles. The Labute approximate surface area is 215 Å².